The molecule has 0 unspecified atom stereocenters. The number of carbonyl (C=O) groups excluding carboxylic acids is 1. The number of anilines is 2. The van der Waals surface area contributed by atoms with E-state index in [4.69, 9.17) is 0 Å². The number of carbonyl (C=O) groups is 1. The number of benzene rings is 2. The Bertz CT molecular complexity index is 954. The highest BCUT2D eigenvalue weighted by Gasteiger charge is 2.08. The maximum Gasteiger partial charge on any atom is 0.323 e. The van der Waals surface area contributed by atoms with Gasteiger partial charge in [0.2, 0.25) is 0 Å². The lowest BCUT2D eigenvalue weighted by Gasteiger charge is -2.10. The van der Waals surface area contributed by atoms with E-state index >= 15 is 0 Å². The highest BCUT2D eigenvalue weighted by molar-refractivity contribution is 6.00. The summed E-state index contributed by atoms with van der Waals surface area (Å²) in [6, 6.07) is 15.0. The Kier molecular flexibility index (Phi) is 5.94. The van der Waals surface area contributed by atoms with Crippen molar-refractivity contribution < 1.29 is 4.79 Å². The number of amides is 2. The molecule has 0 spiro atoms. The fourth-order valence-electron chi connectivity index (χ4n) is 2.83. The first-order valence-electron chi connectivity index (χ1n) is 8.85. The first-order valence-corrected chi connectivity index (χ1v) is 8.85. The Hall–Kier alpha value is -3.47. The minimum Gasteiger partial charge on any atom is -0.308 e. The second kappa shape index (κ2) is 8.76. The molecular weight excluding hydrogens is 336 g/mol. The molecule has 0 atom stereocenters. The van der Waals surface area contributed by atoms with Crippen LogP contribution in [-0.4, -0.2) is 12.6 Å². The molecule has 0 fully saturated rings. The molecule has 0 aromatic heterocycles. The summed E-state index contributed by atoms with van der Waals surface area (Å²) in [4.78, 5) is 12.4. The average Bonchev–Trinajstić information content (AvgIpc) is 3.21. The molecule has 2 N–H and O–H groups in total. The van der Waals surface area contributed by atoms with Crippen molar-refractivity contribution in [1.29, 1.82) is 0 Å². The minimum absolute atomic E-state index is 0.292. The van der Waals surface area contributed by atoms with Gasteiger partial charge in [-0.3, -0.25) is 0 Å². The van der Waals surface area contributed by atoms with Crippen LogP contribution in [0.4, 0.5) is 16.2 Å². The van der Waals surface area contributed by atoms with Crippen molar-refractivity contribution >= 4 is 28.7 Å². The molecule has 0 saturated heterocycles. The van der Waals surface area contributed by atoms with E-state index < -0.39 is 0 Å². The van der Waals surface area contributed by atoms with Gasteiger partial charge >= 0.3 is 6.03 Å². The van der Waals surface area contributed by atoms with Crippen molar-refractivity contribution in [2.45, 2.75) is 13.8 Å². The largest absolute Gasteiger partial charge is 0.323 e. The summed E-state index contributed by atoms with van der Waals surface area (Å²) < 4.78 is 0. The molecule has 3 rings (SSSR count). The van der Waals surface area contributed by atoms with E-state index in [0.717, 1.165) is 28.1 Å². The zero-order valence-electron chi connectivity index (χ0n) is 15.4. The zero-order chi connectivity index (χ0) is 19.1. The molecule has 0 aliphatic carbocycles. The molecule has 1 heterocycles. The molecule has 0 radical (unpaired) electrons. The molecule has 5 nitrogen and oxygen atoms in total. The van der Waals surface area contributed by atoms with Crippen molar-refractivity contribution in [3.8, 4) is 0 Å². The zero-order valence-corrected chi connectivity index (χ0v) is 15.4. The highest BCUT2D eigenvalue weighted by atomic mass is 16.2. The molecule has 1 aliphatic heterocycles. The third kappa shape index (κ3) is 4.79. The molecule has 1 aliphatic rings. The predicted octanol–water partition coefficient (Wildman–Crippen LogP) is 6.12. The van der Waals surface area contributed by atoms with Crippen LogP contribution in [-0.2, 0) is 0 Å². The van der Waals surface area contributed by atoms with Gasteiger partial charge in [-0.15, -0.1) is 0 Å². The van der Waals surface area contributed by atoms with Crippen molar-refractivity contribution in [1.82, 2.24) is 0 Å². The summed E-state index contributed by atoms with van der Waals surface area (Å²) in [5.41, 5.74) is 5.35. The van der Waals surface area contributed by atoms with Gasteiger partial charge in [-0.05, 0) is 55.3 Å². The number of azo groups is 1. The van der Waals surface area contributed by atoms with Crippen LogP contribution in [0, 0.1) is 0 Å². The van der Waals surface area contributed by atoms with Crippen LogP contribution in [0.1, 0.15) is 25.0 Å². The van der Waals surface area contributed by atoms with E-state index in [1.165, 1.54) is 0 Å². The fourth-order valence-corrected chi connectivity index (χ4v) is 2.83. The summed E-state index contributed by atoms with van der Waals surface area (Å²) in [7, 11) is 0. The van der Waals surface area contributed by atoms with E-state index in [2.05, 4.69) is 20.9 Å². The van der Waals surface area contributed by atoms with E-state index in [-0.39, 0.29) is 6.03 Å². The second-order valence-corrected chi connectivity index (χ2v) is 6.00. The summed E-state index contributed by atoms with van der Waals surface area (Å²) in [5, 5.41) is 13.8. The number of urea groups is 1. The lowest BCUT2D eigenvalue weighted by Crippen LogP contribution is -2.19. The van der Waals surface area contributed by atoms with Crippen molar-refractivity contribution in [3.05, 3.63) is 84.0 Å². The summed E-state index contributed by atoms with van der Waals surface area (Å²) >= 11 is 0. The van der Waals surface area contributed by atoms with Gasteiger partial charge in [0.1, 0.15) is 0 Å². The van der Waals surface area contributed by atoms with Gasteiger partial charge in [0.25, 0.3) is 0 Å². The Morgan fingerprint density at radius 1 is 1.04 bits per heavy atom. The highest BCUT2D eigenvalue weighted by Crippen LogP contribution is 2.23. The number of hydrogen-bond donors (Lipinski definition) is 2. The maximum atomic E-state index is 12.4. The van der Waals surface area contributed by atoms with Crippen LogP contribution in [0.25, 0.3) is 11.3 Å². The first-order chi connectivity index (χ1) is 13.2. The van der Waals surface area contributed by atoms with Gasteiger partial charge in [0, 0.05) is 16.9 Å². The van der Waals surface area contributed by atoms with Gasteiger partial charge < -0.3 is 10.6 Å². The Morgan fingerprint density at radius 3 is 2.44 bits per heavy atom. The SMILES string of the molecule is C/C=C\C(=C/C)c1cccc(NC(=O)Nc2cccc(C3=CCN=N3)c2)c1. The van der Waals surface area contributed by atoms with Crippen LogP contribution < -0.4 is 10.6 Å². The summed E-state index contributed by atoms with van der Waals surface area (Å²) in [6.45, 7) is 4.58. The van der Waals surface area contributed by atoms with Crippen molar-refractivity contribution in [2.24, 2.45) is 10.2 Å². The van der Waals surface area contributed by atoms with Crippen LogP contribution in [0.5, 0.6) is 0 Å². The van der Waals surface area contributed by atoms with Gasteiger partial charge in [-0.25, -0.2) is 4.79 Å². The number of nitrogens with one attached hydrogen (secondary N) is 2. The number of rotatable bonds is 5. The Balaban J connectivity index is 1.70. The van der Waals surface area contributed by atoms with Crippen LogP contribution in [0.2, 0.25) is 0 Å². The quantitative estimate of drug-likeness (QED) is 0.622. The molecule has 27 heavy (non-hydrogen) atoms. The van der Waals surface area contributed by atoms with Crippen molar-refractivity contribution in [3.63, 3.8) is 0 Å². The molecule has 2 amide bonds. The standard InChI is InChI=1S/C22H22N4O/c1-3-7-16(4-2)17-8-5-10-19(14-17)24-22(27)25-20-11-6-9-18(15-20)21-12-13-23-26-21/h3-12,14-15H,13H2,1-2H3,(H2,24,25,27)/b7-3-,16-4+. The van der Waals surface area contributed by atoms with E-state index in [0.29, 0.717) is 12.2 Å². The Labute approximate surface area is 159 Å². The monoisotopic (exact) mass is 358 g/mol. The normalized spacial score (nSPS) is 13.7. The first kappa shape index (κ1) is 18.3. The smallest absolute Gasteiger partial charge is 0.308 e. The number of hydrogen-bond acceptors (Lipinski definition) is 3. The van der Waals surface area contributed by atoms with E-state index in [1.54, 1.807) is 0 Å². The number of allylic oxidation sites excluding steroid dienone is 4. The fraction of sp³-hybridized carbons (Fsp3) is 0.136. The average molecular weight is 358 g/mol. The molecule has 0 saturated carbocycles. The lowest BCUT2D eigenvalue weighted by atomic mass is 10.0. The van der Waals surface area contributed by atoms with Crippen molar-refractivity contribution in [2.75, 3.05) is 17.2 Å². The summed E-state index contributed by atoms with van der Waals surface area (Å²) in [6.07, 6.45) is 8.03. The molecule has 0 bridgehead atoms. The molecule has 5 heteroatoms. The minimum atomic E-state index is -0.292. The molecule has 136 valence electrons. The summed E-state index contributed by atoms with van der Waals surface area (Å²) in [5.74, 6) is 0. The molecular formula is C22H22N4O. The molecule has 2 aromatic rings. The number of nitrogens with zero attached hydrogens (tertiary/aromatic N) is 2. The van der Waals surface area contributed by atoms with Crippen LogP contribution in [0.3, 0.4) is 0 Å². The maximum absolute atomic E-state index is 12.4. The topological polar surface area (TPSA) is 65.8 Å². The van der Waals surface area contributed by atoms with Crippen LogP contribution in [0.15, 0.2) is 83.1 Å². The third-order valence-corrected chi connectivity index (χ3v) is 4.07. The van der Waals surface area contributed by atoms with Gasteiger partial charge in [-0.1, -0.05) is 42.5 Å². The molecule has 2 aromatic carbocycles. The van der Waals surface area contributed by atoms with Gasteiger partial charge in [0.05, 0.1) is 12.2 Å². The van der Waals surface area contributed by atoms with E-state index in [9.17, 15) is 4.79 Å². The van der Waals surface area contributed by atoms with E-state index in [1.807, 2.05) is 86.7 Å². The van der Waals surface area contributed by atoms with Gasteiger partial charge in [-0.2, -0.15) is 10.2 Å². The Morgan fingerprint density at radius 2 is 1.78 bits per heavy atom. The van der Waals surface area contributed by atoms with Gasteiger partial charge in [0.15, 0.2) is 0 Å². The second-order valence-electron chi connectivity index (χ2n) is 6.00. The predicted molar refractivity (Wildman–Crippen MR) is 112 cm³/mol. The lowest BCUT2D eigenvalue weighted by molar-refractivity contribution is 0.262. The van der Waals surface area contributed by atoms with Crippen LogP contribution >= 0.6 is 0 Å². The third-order valence-electron chi connectivity index (χ3n) is 4.07.